The fourth-order valence-corrected chi connectivity index (χ4v) is 0.792. The predicted octanol–water partition coefficient (Wildman–Crippen LogP) is 0.870. The highest BCUT2D eigenvalue weighted by molar-refractivity contribution is 6.28. The SMILES string of the molecule is Cc1cc(NC(=O)NC(=O)CCl)on1. The zero-order valence-electron chi connectivity index (χ0n) is 7.33. The summed E-state index contributed by atoms with van der Waals surface area (Å²) < 4.78 is 4.68. The number of carbonyl (C=O) groups is 2. The topological polar surface area (TPSA) is 84.2 Å². The van der Waals surface area contributed by atoms with E-state index in [0.717, 1.165) is 0 Å². The highest BCUT2D eigenvalue weighted by Gasteiger charge is 2.08. The van der Waals surface area contributed by atoms with E-state index < -0.39 is 11.9 Å². The Morgan fingerprint density at radius 1 is 1.64 bits per heavy atom. The van der Waals surface area contributed by atoms with E-state index in [1.54, 1.807) is 6.92 Å². The molecule has 0 saturated heterocycles. The molecule has 2 N–H and O–H groups in total. The third kappa shape index (κ3) is 3.06. The van der Waals surface area contributed by atoms with Crippen LogP contribution in [0.15, 0.2) is 10.6 Å². The fourth-order valence-electron chi connectivity index (χ4n) is 0.726. The summed E-state index contributed by atoms with van der Waals surface area (Å²) in [6.07, 6.45) is 0. The quantitative estimate of drug-likeness (QED) is 0.720. The zero-order valence-corrected chi connectivity index (χ0v) is 8.09. The number of hydrogen-bond donors (Lipinski definition) is 2. The Labute approximate surface area is 84.6 Å². The Balaban J connectivity index is 2.45. The van der Waals surface area contributed by atoms with E-state index in [0.29, 0.717) is 5.69 Å². The monoisotopic (exact) mass is 217 g/mol. The van der Waals surface area contributed by atoms with Crippen LogP contribution in [0.4, 0.5) is 10.7 Å². The lowest BCUT2D eigenvalue weighted by molar-refractivity contribution is -0.117. The second-order valence-corrected chi connectivity index (χ2v) is 2.74. The molecule has 1 aromatic rings. The number of anilines is 1. The Hall–Kier alpha value is -1.56. The lowest BCUT2D eigenvalue weighted by Crippen LogP contribution is -2.34. The van der Waals surface area contributed by atoms with Crippen LogP contribution < -0.4 is 10.6 Å². The van der Waals surface area contributed by atoms with Crippen molar-refractivity contribution in [1.82, 2.24) is 10.5 Å². The van der Waals surface area contributed by atoms with Gasteiger partial charge in [-0.3, -0.25) is 15.4 Å². The summed E-state index contributed by atoms with van der Waals surface area (Å²) in [5, 5.41) is 7.79. The molecule has 14 heavy (non-hydrogen) atoms. The summed E-state index contributed by atoms with van der Waals surface area (Å²) in [6, 6.07) is 0.817. The van der Waals surface area contributed by atoms with Crippen LogP contribution in [0.3, 0.4) is 0 Å². The Morgan fingerprint density at radius 3 is 2.86 bits per heavy atom. The predicted molar refractivity (Wildman–Crippen MR) is 49.1 cm³/mol. The number of rotatable bonds is 2. The number of nitrogens with zero attached hydrogens (tertiary/aromatic N) is 1. The molecule has 0 saturated carbocycles. The number of aromatic nitrogens is 1. The molecule has 0 fully saturated rings. The minimum Gasteiger partial charge on any atom is -0.338 e. The number of amides is 3. The fraction of sp³-hybridized carbons (Fsp3) is 0.286. The largest absolute Gasteiger partial charge is 0.338 e. The van der Waals surface area contributed by atoms with Crippen LogP contribution in [0, 0.1) is 6.92 Å². The van der Waals surface area contributed by atoms with Gasteiger partial charge in [-0.05, 0) is 6.92 Å². The number of nitrogens with one attached hydrogen (secondary N) is 2. The first kappa shape index (κ1) is 10.5. The van der Waals surface area contributed by atoms with Gasteiger partial charge in [0.2, 0.25) is 11.8 Å². The van der Waals surface area contributed by atoms with E-state index in [4.69, 9.17) is 11.6 Å². The molecule has 0 bridgehead atoms. The van der Waals surface area contributed by atoms with Gasteiger partial charge in [0.15, 0.2) is 0 Å². The van der Waals surface area contributed by atoms with E-state index >= 15 is 0 Å². The van der Waals surface area contributed by atoms with Gasteiger partial charge in [0.25, 0.3) is 0 Å². The van der Waals surface area contributed by atoms with Gasteiger partial charge in [0.05, 0.1) is 5.69 Å². The van der Waals surface area contributed by atoms with Gasteiger partial charge in [0.1, 0.15) is 5.88 Å². The van der Waals surface area contributed by atoms with Crippen molar-refractivity contribution in [2.24, 2.45) is 0 Å². The molecular weight excluding hydrogens is 210 g/mol. The maximum absolute atomic E-state index is 11.0. The van der Waals surface area contributed by atoms with Crippen LogP contribution in [0.5, 0.6) is 0 Å². The third-order valence-electron chi connectivity index (χ3n) is 1.24. The maximum atomic E-state index is 11.0. The van der Waals surface area contributed by atoms with Crippen molar-refractivity contribution < 1.29 is 14.1 Å². The third-order valence-corrected chi connectivity index (χ3v) is 1.48. The maximum Gasteiger partial charge on any atom is 0.328 e. The van der Waals surface area contributed by atoms with Crippen LogP contribution in [-0.2, 0) is 4.79 Å². The van der Waals surface area contributed by atoms with Crippen molar-refractivity contribution in [2.75, 3.05) is 11.2 Å². The summed E-state index contributed by atoms with van der Waals surface area (Å²) in [5.74, 6) is -0.689. The first-order valence-corrected chi connectivity index (χ1v) is 4.25. The highest BCUT2D eigenvalue weighted by Crippen LogP contribution is 2.07. The molecule has 0 unspecified atom stereocenters. The first-order valence-electron chi connectivity index (χ1n) is 3.72. The molecule has 0 radical (unpaired) electrons. The molecule has 0 spiro atoms. The number of aryl methyl sites for hydroxylation is 1. The molecule has 7 heteroatoms. The second-order valence-electron chi connectivity index (χ2n) is 2.47. The van der Waals surface area contributed by atoms with E-state index in [2.05, 4.69) is 15.0 Å². The number of carbonyl (C=O) groups excluding carboxylic acids is 2. The summed E-state index contributed by atoms with van der Waals surface area (Å²) in [6.45, 7) is 1.70. The average Bonchev–Trinajstić information content (AvgIpc) is 2.50. The summed E-state index contributed by atoms with van der Waals surface area (Å²) in [5.41, 5.74) is 0.629. The zero-order chi connectivity index (χ0) is 10.6. The Morgan fingerprint density at radius 2 is 2.36 bits per heavy atom. The number of urea groups is 1. The molecule has 6 nitrogen and oxygen atoms in total. The van der Waals surface area contributed by atoms with Gasteiger partial charge in [0, 0.05) is 6.07 Å². The van der Waals surface area contributed by atoms with Gasteiger partial charge in [-0.2, -0.15) is 0 Å². The van der Waals surface area contributed by atoms with Crippen LogP contribution >= 0.6 is 11.6 Å². The van der Waals surface area contributed by atoms with Gasteiger partial charge in [-0.15, -0.1) is 11.6 Å². The lowest BCUT2D eigenvalue weighted by Gasteiger charge is -2.00. The van der Waals surface area contributed by atoms with Crippen LogP contribution in [0.2, 0.25) is 0 Å². The van der Waals surface area contributed by atoms with Gasteiger partial charge in [-0.25, -0.2) is 4.79 Å². The molecule has 0 aliphatic rings. The Kier molecular flexibility index (Phi) is 3.47. The standard InChI is InChI=1S/C7H8ClN3O3/c1-4-2-6(14-11-4)10-7(13)9-5(12)3-8/h2H,3H2,1H3,(H2,9,10,12,13). The van der Waals surface area contributed by atoms with Crippen molar-refractivity contribution in [3.8, 4) is 0 Å². The number of halogens is 1. The van der Waals surface area contributed by atoms with Gasteiger partial charge >= 0.3 is 6.03 Å². The van der Waals surface area contributed by atoms with Gasteiger partial charge in [-0.1, -0.05) is 5.16 Å². The molecule has 3 amide bonds. The number of hydrogen-bond acceptors (Lipinski definition) is 4. The molecule has 0 atom stereocenters. The Bertz CT molecular complexity index is 350. The molecule has 1 aromatic heterocycles. The van der Waals surface area contributed by atoms with E-state index in [-0.39, 0.29) is 11.8 Å². The average molecular weight is 218 g/mol. The number of imide groups is 1. The lowest BCUT2D eigenvalue weighted by atomic mass is 10.5. The molecule has 1 heterocycles. The van der Waals surface area contributed by atoms with Crippen LogP contribution in [-0.4, -0.2) is 23.0 Å². The van der Waals surface area contributed by atoms with Crippen molar-refractivity contribution in [1.29, 1.82) is 0 Å². The smallest absolute Gasteiger partial charge is 0.328 e. The minimum atomic E-state index is -0.702. The molecular formula is C7H8ClN3O3. The van der Waals surface area contributed by atoms with Crippen LogP contribution in [0.25, 0.3) is 0 Å². The molecule has 0 aliphatic heterocycles. The summed E-state index contributed by atoms with van der Waals surface area (Å²) >= 11 is 5.18. The normalized spacial score (nSPS) is 9.57. The van der Waals surface area contributed by atoms with Crippen molar-refractivity contribution in [3.63, 3.8) is 0 Å². The summed E-state index contributed by atoms with van der Waals surface area (Å²) in [4.78, 5) is 21.7. The van der Waals surface area contributed by atoms with E-state index in [9.17, 15) is 9.59 Å². The second kappa shape index (κ2) is 4.61. The van der Waals surface area contributed by atoms with E-state index in [1.807, 2.05) is 5.32 Å². The van der Waals surface area contributed by atoms with Crippen LogP contribution in [0.1, 0.15) is 5.69 Å². The van der Waals surface area contributed by atoms with E-state index in [1.165, 1.54) is 6.07 Å². The van der Waals surface area contributed by atoms with Crippen molar-refractivity contribution in [3.05, 3.63) is 11.8 Å². The molecule has 76 valence electrons. The summed E-state index contributed by atoms with van der Waals surface area (Å²) in [7, 11) is 0. The van der Waals surface area contributed by atoms with Gasteiger partial charge < -0.3 is 4.52 Å². The molecule has 0 aromatic carbocycles. The molecule has 0 aliphatic carbocycles. The number of alkyl halides is 1. The van der Waals surface area contributed by atoms with Crippen molar-refractivity contribution >= 4 is 29.4 Å². The molecule has 1 rings (SSSR count). The first-order chi connectivity index (χ1) is 6.61. The highest BCUT2D eigenvalue weighted by atomic mass is 35.5. The van der Waals surface area contributed by atoms with Crippen molar-refractivity contribution in [2.45, 2.75) is 6.92 Å². The minimum absolute atomic E-state index is 0.169.